The largest absolute Gasteiger partial charge is 0.444 e. The van der Waals surface area contributed by atoms with Crippen LogP contribution in [0.1, 0.15) is 55.4 Å². The average Bonchev–Trinajstić information content (AvgIpc) is 2.44. The third-order valence-electron chi connectivity index (χ3n) is 4.80. The summed E-state index contributed by atoms with van der Waals surface area (Å²) < 4.78 is 13.2. The number of anilines is 1. The average molecular weight is 397 g/mol. The van der Waals surface area contributed by atoms with Crippen LogP contribution >= 0.6 is 0 Å². The summed E-state index contributed by atoms with van der Waals surface area (Å²) in [6.07, 6.45) is 1.09. The first-order valence-corrected chi connectivity index (χ1v) is 12.2. The molecule has 7 heteroatoms. The molecule has 1 aromatic heterocycles. The van der Waals surface area contributed by atoms with E-state index >= 15 is 0 Å². The highest BCUT2D eigenvalue weighted by atomic mass is 28.4. The maximum atomic E-state index is 12.4. The van der Waals surface area contributed by atoms with E-state index in [9.17, 15) is 9.59 Å². The number of hydrogen-bond donors (Lipinski definition) is 1. The fourth-order valence-electron chi connectivity index (χ4n) is 2.10. The lowest BCUT2D eigenvalue weighted by atomic mass is 10.1. The molecule has 0 aromatic carbocycles. The zero-order chi connectivity index (χ0) is 21.3. The fraction of sp³-hybridized carbons (Fsp3) is 0.700. The molecular weight excluding hydrogens is 360 g/mol. The SMILES string of the molecule is CC(C)(C)OC(=O)Nc1ccc(=O)n(C(C)(C)CO[Si](C)(C)C(C)(C)C)c1. The Labute approximate surface area is 164 Å². The first-order valence-electron chi connectivity index (χ1n) is 9.32. The predicted molar refractivity (Wildman–Crippen MR) is 113 cm³/mol. The molecule has 0 aliphatic rings. The van der Waals surface area contributed by atoms with E-state index in [1.54, 1.807) is 37.6 Å². The lowest BCUT2D eigenvalue weighted by molar-refractivity contribution is 0.0635. The molecule has 154 valence electrons. The molecule has 0 aliphatic heterocycles. The van der Waals surface area contributed by atoms with Crippen LogP contribution in [0.5, 0.6) is 0 Å². The predicted octanol–water partition coefficient (Wildman–Crippen LogP) is 4.95. The Kier molecular flexibility index (Phi) is 6.76. The van der Waals surface area contributed by atoms with Crippen LogP contribution in [-0.2, 0) is 14.7 Å². The van der Waals surface area contributed by atoms with E-state index in [1.165, 1.54) is 6.07 Å². The molecular formula is C20H36N2O4Si. The number of nitrogens with one attached hydrogen (secondary N) is 1. The van der Waals surface area contributed by atoms with Crippen LogP contribution in [0.2, 0.25) is 18.1 Å². The summed E-state index contributed by atoms with van der Waals surface area (Å²) in [7, 11) is -1.94. The highest BCUT2D eigenvalue weighted by molar-refractivity contribution is 6.74. The second kappa shape index (κ2) is 7.79. The van der Waals surface area contributed by atoms with Crippen LogP contribution in [0.3, 0.4) is 0 Å². The third-order valence-corrected chi connectivity index (χ3v) is 9.28. The van der Waals surface area contributed by atoms with Crippen LogP contribution in [0.25, 0.3) is 0 Å². The zero-order valence-corrected chi connectivity index (χ0v) is 19.5. The van der Waals surface area contributed by atoms with Gasteiger partial charge in [0.1, 0.15) is 5.60 Å². The Bertz CT molecular complexity index is 725. The Balaban J connectivity index is 3.01. The van der Waals surface area contributed by atoms with Crippen LogP contribution in [0.4, 0.5) is 10.5 Å². The number of pyridine rings is 1. The van der Waals surface area contributed by atoms with Crippen molar-refractivity contribution in [3.63, 3.8) is 0 Å². The number of carbonyl (C=O) groups is 1. The normalized spacial score (nSPS) is 13.4. The molecule has 1 amide bonds. The summed E-state index contributed by atoms with van der Waals surface area (Å²) in [4.78, 5) is 24.4. The smallest absolute Gasteiger partial charge is 0.412 e. The van der Waals surface area contributed by atoms with Crippen molar-refractivity contribution in [1.29, 1.82) is 0 Å². The van der Waals surface area contributed by atoms with Crippen LogP contribution in [-0.4, -0.2) is 31.2 Å². The first kappa shape index (κ1) is 23.4. The summed E-state index contributed by atoms with van der Waals surface area (Å²) in [6, 6.07) is 3.02. The van der Waals surface area contributed by atoms with Crippen molar-refractivity contribution in [3.05, 3.63) is 28.7 Å². The van der Waals surface area contributed by atoms with Gasteiger partial charge in [-0.15, -0.1) is 0 Å². The van der Waals surface area contributed by atoms with Crippen molar-refractivity contribution < 1.29 is 14.0 Å². The summed E-state index contributed by atoms with van der Waals surface area (Å²) in [5, 5.41) is 2.77. The monoisotopic (exact) mass is 396 g/mol. The number of amides is 1. The molecule has 1 N–H and O–H groups in total. The molecule has 0 spiro atoms. The van der Waals surface area contributed by atoms with Gasteiger partial charge >= 0.3 is 6.09 Å². The minimum atomic E-state index is -1.94. The van der Waals surface area contributed by atoms with Crippen molar-refractivity contribution in [2.24, 2.45) is 0 Å². The van der Waals surface area contributed by atoms with Gasteiger partial charge in [-0.25, -0.2) is 4.79 Å². The van der Waals surface area contributed by atoms with Gasteiger partial charge in [0.2, 0.25) is 0 Å². The van der Waals surface area contributed by atoms with Gasteiger partial charge in [-0.05, 0) is 58.8 Å². The Morgan fingerprint density at radius 3 is 2.11 bits per heavy atom. The van der Waals surface area contributed by atoms with Gasteiger partial charge in [0, 0.05) is 12.3 Å². The van der Waals surface area contributed by atoms with Gasteiger partial charge in [0.15, 0.2) is 8.32 Å². The summed E-state index contributed by atoms with van der Waals surface area (Å²) in [5.74, 6) is 0. The minimum absolute atomic E-state index is 0.0914. The lowest BCUT2D eigenvalue weighted by Gasteiger charge is -2.39. The standard InChI is InChI=1S/C20H36N2O4Si/c1-18(2,3)26-17(24)21-15-11-12-16(23)22(13-15)20(7,8)14-25-27(9,10)19(4,5)6/h11-13H,14H2,1-10H3,(H,21,24). The fourth-order valence-corrected chi connectivity index (χ4v) is 3.25. The van der Waals surface area contributed by atoms with Crippen molar-refractivity contribution in [2.75, 3.05) is 11.9 Å². The van der Waals surface area contributed by atoms with Gasteiger partial charge in [-0.3, -0.25) is 10.1 Å². The molecule has 1 heterocycles. The van der Waals surface area contributed by atoms with Gasteiger partial charge in [-0.2, -0.15) is 0 Å². The third kappa shape index (κ3) is 6.81. The van der Waals surface area contributed by atoms with Crippen LogP contribution in [0.15, 0.2) is 23.1 Å². The molecule has 6 nitrogen and oxygen atoms in total. The maximum Gasteiger partial charge on any atom is 0.412 e. The topological polar surface area (TPSA) is 69.6 Å². The van der Waals surface area contributed by atoms with Gasteiger partial charge in [0.05, 0.1) is 17.8 Å². The molecule has 0 atom stereocenters. The van der Waals surface area contributed by atoms with Gasteiger partial charge < -0.3 is 13.7 Å². The quantitative estimate of drug-likeness (QED) is 0.715. The molecule has 0 saturated heterocycles. The van der Waals surface area contributed by atoms with E-state index in [0.717, 1.165) is 0 Å². The number of nitrogens with zero attached hydrogens (tertiary/aromatic N) is 1. The molecule has 0 saturated carbocycles. The maximum absolute atomic E-state index is 12.4. The second-order valence-corrected chi connectivity index (χ2v) is 14.9. The molecule has 0 fully saturated rings. The Morgan fingerprint density at radius 1 is 1.07 bits per heavy atom. The number of aromatic nitrogens is 1. The number of ether oxygens (including phenoxy) is 1. The number of rotatable bonds is 5. The molecule has 1 aromatic rings. The van der Waals surface area contributed by atoms with Crippen molar-refractivity contribution >= 4 is 20.1 Å². The Hall–Kier alpha value is -1.60. The van der Waals surface area contributed by atoms with Crippen LogP contribution < -0.4 is 10.9 Å². The van der Waals surface area contributed by atoms with E-state index in [0.29, 0.717) is 12.3 Å². The van der Waals surface area contributed by atoms with E-state index in [2.05, 4.69) is 39.2 Å². The lowest BCUT2D eigenvalue weighted by Crippen LogP contribution is -2.47. The number of carbonyl (C=O) groups excluding carboxylic acids is 1. The van der Waals surface area contributed by atoms with E-state index in [1.807, 2.05) is 13.8 Å². The van der Waals surface area contributed by atoms with E-state index < -0.39 is 25.6 Å². The van der Waals surface area contributed by atoms with Crippen molar-refractivity contribution in [1.82, 2.24) is 4.57 Å². The first-order chi connectivity index (χ1) is 11.9. The minimum Gasteiger partial charge on any atom is -0.444 e. The molecule has 27 heavy (non-hydrogen) atoms. The zero-order valence-electron chi connectivity index (χ0n) is 18.5. The number of hydrogen-bond acceptors (Lipinski definition) is 4. The van der Waals surface area contributed by atoms with Gasteiger partial charge in [-0.1, -0.05) is 20.8 Å². The van der Waals surface area contributed by atoms with Gasteiger partial charge in [0.25, 0.3) is 5.56 Å². The molecule has 0 bridgehead atoms. The molecule has 0 radical (unpaired) electrons. The van der Waals surface area contributed by atoms with Crippen molar-refractivity contribution in [2.45, 2.75) is 84.7 Å². The highest BCUT2D eigenvalue weighted by Crippen LogP contribution is 2.37. The molecule has 1 rings (SSSR count). The Morgan fingerprint density at radius 2 is 1.63 bits per heavy atom. The van der Waals surface area contributed by atoms with E-state index in [-0.39, 0.29) is 10.6 Å². The summed E-state index contributed by atoms with van der Waals surface area (Å²) in [6.45, 7) is 20.7. The molecule has 0 unspecified atom stereocenters. The summed E-state index contributed by atoms with van der Waals surface area (Å²) in [5.41, 5.74) is -0.787. The highest BCUT2D eigenvalue weighted by Gasteiger charge is 2.39. The van der Waals surface area contributed by atoms with Crippen molar-refractivity contribution in [3.8, 4) is 0 Å². The van der Waals surface area contributed by atoms with Crippen LogP contribution in [0, 0.1) is 0 Å². The molecule has 0 aliphatic carbocycles. The second-order valence-electron chi connectivity index (χ2n) is 10.1. The van der Waals surface area contributed by atoms with E-state index in [4.69, 9.17) is 9.16 Å². The summed E-state index contributed by atoms with van der Waals surface area (Å²) >= 11 is 0.